The highest BCUT2D eigenvalue weighted by Crippen LogP contribution is 2.41. The van der Waals surface area contributed by atoms with E-state index in [1.54, 1.807) is 17.2 Å². The summed E-state index contributed by atoms with van der Waals surface area (Å²) < 4.78 is 22.0. The minimum absolute atomic E-state index is 0.124. The Hall–Kier alpha value is -3.29. The highest BCUT2D eigenvalue weighted by Gasteiger charge is 2.33. The summed E-state index contributed by atoms with van der Waals surface area (Å²) in [7, 11) is 0. The van der Waals surface area contributed by atoms with Crippen LogP contribution in [0.3, 0.4) is 0 Å². The van der Waals surface area contributed by atoms with E-state index < -0.39 is 5.60 Å². The van der Waals surface area contributed by atoms with Gasteiger partial charge < -0.3 is 4.74 Å². The van der Waals surface area contributed by atoms with E-state index in [1.807, 2.05) is 39.0 Å². The Morgan fingerprint density at radius 1 is 1.00 bits per heavy atom. The number of nitrogens with zero attached hydrogens (tertiary/aromatic N) is 5. The molecule has 34 heavy (non-hydrogen) atoms. The third kappa shape index (κ3) is 4.41. The van der Waals surface area contributed by atoms with Crippen LogP contribution in [0.5, 0.6) is 0 Å². The smallest absolute Gasteiger partial charge is 0.411 e. The average molecular weight is 464 g/mol. The third-order valence-electron chi connectivity index (χ3n) is 6.60. The number of pyridine rings is 1. The molecule has 2 aromatic heterocycles. The lowest BCUT2D eigenvalue weighted by Gasteiger charge is -2.28. The summed E-state index contributed by atoms with van der Waals surface area (Å²) in [6.45, 7) is 6.37. The second-order valence-electron chi connectivity index (χ2n) is 10.2. The first-order valence-electron chi connectivity index (χ1n) is 11.9. The first-order chi connectivity index (χ1) is 16.3. The molecule has 0 bridgehead atoms. The third-order valence-corrected chi connectivity index (χ3v) is 6.60. The van der Waals surface area contributed by atoms with Crippen molar-refractivity contribution >= 4 is 6.09 Å². The van der Waals surface area contributed by atoms with Gasteiger partial charge in [0.1, 0.15) is 17.2 Å². The molecule has 1 saturated carbocycles. The minimum atomic E-state index is -0.576. The number of fused-ring (bicyclic) bond motifs is 3. The van der Waals surface area contributed by atoms with E-state index >= 15 is 0 Å². The van der Waals surface area contributed by atoms with Crippen LogP contribution in [0.1, 0.15) is 81.2 Å². The summed E-state index contributed by atoms with van der Waals surface area (Å²) in [5.41, 5.74) is 2.02. The Labute approximate surface area is 199 Å². The van der Waals surface area contributed by atoms with Gasteiger partial charge in [0.25, 0.3) is 0 Å². The van der Waals surface area contributed by atoms with Gasteiger partial charge in [-0.05, 0) is 70.2 Å². The molecule has 2 aliphatic rings. The number of aromatic nitrogens is 4. The summed E-state index contributed by atoms with van der Waals surface area (Å²) in [5, 5.41) is 9.09. The van der Waals surface area contributed by atoms with Crippen LogP contribution in [0.25, 0.3) is 5.69 Å². The number of rotatable bonds is 2. The van der Waals surface area contributed by atoms with Crippen molar-refractivity contribution in [3.63, 3.8) is 0 Å². The van der Waals surface area contributed by atoms with Gasteiger partial charge in [0.05, 0.1) is 24.5 Å². The lowest BCUT2D eigenvalue weighted by Crippen LogP contribution is -2.35. The fourth-order valence-corrected chi connectivity index (χ4v) is 5.03. The van der Waals surface area contributed by atoms with Gasteiger partial charge >= 0.3 is 6.09 Å². The van der Waals surface area contributed by atoms with Crippen molar-refractivity contribution in [2.24, 2.45) is 0 Å². The number of carbonyl (C=O) groups excluding carboxylic acids is 1. The highest BCUT2D eigenvalue weighted by molar-refractivity contribution is 5.68. The van der Waals surface area contributed by atoms with E-state index in [0.29, 0.717) is 18.8 Å². The highest BCUT2D eigenvalue weighted by atomic mass is 19.1. The zero-order chi connectivity index (χ0) is 23.9. The number of carbonyl (C=O) groups is 1. The summed E-state index contributed by atoms with van der Waals surface area (Å²) in [6.07, 6.45) is 4.78. The van der Waals surface area contributed by atoms with Gasteiger partial charge in [-0.15, -0.1) is 10.2 Å². The summed E-state index contributed by atoms with van der Waals surface area (Å²) in [6, 6.07) is 11.2. The second-order valence-corrected chi connectivity index (χ2v) is 10.2. The van der Waals surface area contributed by atoms with Crippen LogP contribution in [-0.4, -0.2) is 36.3 Å². The zero-order valence-electron chi connectivity index (χ0n) is 19.9. The van der Waals surface area contributed by atoms with Crippen molar-refractivity contribution in [3.05, 3.63) is 71.3 Å². The average Bonchev–Trinajstić information content (AvgIpc) is 3.14. The molecule has 0 atom stereocenters. The van der Waals surface area contributed by atoms with Gasteiger partial charge in [-0.1, -0.05) is 18.2 Å². The lowest BCUT2D eigenvalue weighted by atomic mass is 9.79. The molecule has 5 rings (SSSR count). The maximum atomic E-state index is 14.3. The van der Waals surface area contributed by atoms with Crippen molar-refractivity contribution in [3.8, 4) is 5.69 Å². The molecule has 0 N–H and O–H groups in total. The monoisotopic (exact) mass is 463 g/mol. The molecule has 0 radical (unpaired) electrons. The first-order valence-corrected chi connectivity index (χ1v) is 11.9. The van der Waals surface area contributed by atoms with E-state index in [0.717, 1.165) is 48.6 Å². The molecule has 1 amide bonds. The molecule has 1 aliphatic carbocycles. The van der Waals surface area contributed by atoms with Crippen LogP contribution in [0, 0.1) is 5.82 Å². The SMILES string of the molecule is CC(C)(C)OC(=O)N1Cc2ccccc2-n2c(nnc2C2CCC(c3ncccc3F)CC2)C1. The molecule has 8 heteroatoms. The van der Waals surface area contributed by atoms with Gasteiger partial charge in [0.15, 0.2) is 5.82 Å². The van der Waals surface area contributed by atoms with Crippen LogP contribution in [0.15, 0.2) is 42.6 Å². The summed E-state index contributed by atoms with van der Waals surface area (Å²) in [4.78, 5) is 18.9. The Balaban J connectivity index is 1.42. The van der Waals surface area contributed by atoms with Crippen LogP contribution < -0.4 is 0 Å². The fourth-order valence-electron chi connectivity index (χ4n) is 5.03. The van der Waals surface area contributed by atoms with E-state index in [4.69, 9.17) is 4.74 Å². The molecule has 1 aliphatic heterocycles. The molecule has 1 fully saturated rings. The molecular weight excluding hydrogens is 433 g/mol. The van der Waals surface area contributed by atoms with Crippen molar-refractivity contribution < 1.29 is 13.9 Å². The van der Waals surface area contributed by atoms with E-state index in [2.05, 4.69) is 25.8 Å². The van der Waals surface area contributed by atoms with E-state index in [9.17, 15) is 9.18 Å². The molecule has 0 unspecified atom stereocenters. The number of hydrogen-bond donors (Lipinski definition) is 0. The van der Waals surface area contributed by atoms with Gasteiger partial charge in [0.2, 0.25) is 0 Å². The number of halogens is 1. The van der Waals surface area contributed by atoms with E-state index in [1.165, 1.54) is 6.07 Å². The van der Waals surface area contributed by atoms with E-state index in [-0.39, 0.29) is 23.7 Å². The molecule has 1 aromatic carbocycles. The van der Waals surface area contributed by atoms with Gasteiger partial charge in [-0.2, -0.15) is 0 Å². The van der Waals surface area contributed by atoms with Crippen molar-refractivity contribution in [2.75, 3.05) is 0 Å². The van der Waals surface area contributed by atoms with Gasteiger partial charge in [-0.25, -0.2) is 9.18 Å². The maximum absolute atomic E-state index is 14.3. The second kappa shape index (κ2) is 8.81. The quantitative estimate of drug-likeness (QED) is 0.502. The Morgan fingerprint density at radius 2 is 1.74 bits per heavy atom. The normalized spacial score (nSPS) is 20.3. The van der Waals surface area contributed by atoms with Crippen LogP contribution in [0.2, 0.25) is 0 Å². The first kappa shape index (κ1) is 22.5. The summed E-state index contributed by atoms with van der Waals surface area (Å²) in [5.74, 6) is 1.75. The Kier molecular flexibility index (Phi) is 5.83. The topological polar surface area (TPSA) is 73.1 Å². The number of ether oxygens (including phenoxy) is 1. The van der Waals surface area contributed by atoms with Crippen LogP contribution in [0.4, 0.5) is 9.18 Å². The Bertz CT molecular complexity index is 1190. The summed E-state index contributed by atoms with van der Waals surface area (Å²) >= 11 is 0. The fraction of sp³-hybridized carbons (Fsp3) is 0.462. The molecule has 3 heterocycles. The molecule has 178 valence electrons. The molecule has 3 aromatic rings. The van der Waals surface area contributed by atoms with Crippen LogP contribution >= 0.6 is 0 Å². The molecule has 0 spiro atoms. The van der Waals surface area contributed by atoms with Crippen molar-refractivity contribution in [2.45, 2.75) is 77.0 Å². The standard InChI is InChI=1S/C26H30FN5O2/c1-26(2,3)34-25(33)31-15-19-7-4-5-9-21(19)32-22(16-31)29-30-24(32)18-12-10-17(11-13-18)23-20(27)8-6-14-28-23/h4-9,14,17-18H,10-13,15-16H2,1-3H3. The van der Waals surface area contributed by atoms with Crippen molar-refractivity contribution in [1.29, 1.82) is 0 Å². The lowest BCUT2D eigenvalue weighted by molar-refractivity contribution is 0.0214. The van der Waals surface area contributed by atoms with Gasteiger partial charge in [0, 0.05) is 18.0 Å². The maximum Gasteiger partial charge on any atom is 0.411 e. The number of amides is 1. The Morgan fingerprint density at radius 3 is 2.47 bits per heavy atom. The van der Waals surface area contributed by atoms with Gasteiger partial charge in [-0.3, -0.25) is 14.5 Å². The minimum Gasteiger partial charge on any atom is -0.444 e. The number of benzene rings is 1. The predicted octanol–water partition coefficient (Wildman–Crippen LogP) is 5.49. The number of para-hydroxylation sites is 1. The van der Waals surface area contributed by atoms with Crippen molar-refractivity contribution in [1.82, 2.24) is 24.6 Å². The molecule has 0 saturated heterocycles. The molecule has 7 nitrogen and oxygen atoms in total. The largest absolute Gasteiger partial charge is 0.444 e. The molecular formula is C26H30FN5O2. The van der Waals surface area contributed by atoms with Crippen LogP contribution in [-0.2, 0) is 17.8 Å². The zero-order valence-corrected chi connectivity index (χ0v) is 19.9. The predicted molar refractivity (Wildman–Crippen MR) is 125 cm³/mol. The number of hydrogen-bond acceptors (Lipinski definition) is 5.